The SMILES string of the molecule is C=CCn1c(-c2ccc(Cl)cc2)cs/c1=N\N=C(\C)c1cccc([N+](=O)[O-])c1. The van der Waals surface area contributed by atoms with E-state index in [0.29, 0.717) is 27.6 Å². The van der Waals surface area contributed by atoms with Crippen LogP contribution < -0.4 is 4.80 Å². The second-order valence-corrected chi connectivity index (χ2v) is 7.18. The van der Waals surface area contributed by atoms with E-state index >= 15 is 0 Å². The molecule has 0 saturated carbocycles. The molecule has 1 heterocycles. The predicted octanol–water partition coefficient (Wildman–Crippen LogP) is 5.29. The molecule has 28 heavy (non-hydrogen) atoms. The Hall–Kier alpha value is -3.03. The summed E-state index contributed by atoms with van der Waals surface area (Å²) in [6.45, 7) is 6.16. The van der Waals surface area contributed by atoms with Gasteiger partial charge in [-0.05, 0) is 24.6 Å². The Balaban J connectivity index is 2.00. The van der Waals surface area contributed by atoms with Gasteiger partial charge in [0, 0.05) is 34.6 Å². The first-order valence-corrected chi connectivity index (χ1v) is 9.63. The first kappa shape index (κ1) is 19.7. The van der Waals surface area contributed by atoms with Crippen LogP contribution in [-0.2, 0) is 6.54 Å². The van der Waals surface area contributed by atoms with Gasteiger partial charge in [-0.1, -0.05) is 41.9 Å². The zero-order valence-electron chi connectivity index (χ0n) is 15.1. The fourth-order valence-electron chi connectivity index (χ4n) is 2.59. The number of nitrogens with zero attached hydrogens (tertiary/aromatic N) is 4. The normalized spacial score (nSPS) is 12.2. The number of hydrogen-bond acceptors (Lipinski definition) is 5. The van der Waals surface area contributed by atoms with Crippen LogP contribution in [0.25, 0.3) is 11.3 Å². The van der Waals surface area contributed by atoms with Crippen LogP contribution in [0, 0.1) is 10.1 Å². The Bertz CT molecular complexity index is 1110. The minimum absolute atomic E-state index is 0.0231. The molecule has 0 spiro atoms. The van der Waals surface area contributed by atoms with Gasteiger partial charge in [0.15, 0.2) is 0 Å². The molecule has 6 nitrogen and oxygen atoms in total. The monoisotopic (exact) mass is 412 g/mol. The molecule has 0 saturated heterocycles. The number of halogens is 1. The Kier molecular flexibility index (Phi) is 6.18. The number of nitro benzene ring substituents is 1. The molecule has 2 aromatic carbocycles. The van der Waals surface area contributed by atoms with Crippen LogP contribution in [0.15, 0.2) is 76.8 Å². The van der Waals surface area contributed by atoms with E-state index in [-0.39, 0.29) is 5.69 Å². The largest absolute Gasteiger partial charge is 0.311 e. The molecule has 0 N–H and O–H groups in total. The Morgan fingerprint density at radius 3 is 2.75 bits per heavy atom. The van der Waals surface area contributed by atoms with E-state index in [9.17, 15) is 10.1 Å². The van der Waals surface area contributed by atoms with Crippen molar-refractivity contribution >= 4 is 34.3 Å². The van der Waals surface area contributed by atoms with E-state index in [1.165, 1.54) is 23.5 Å². The summed E-state index contributed by atoms with van der Waals surface area (Å²) >= 11 is 7.44. The second-order valence-electron chi connectivity index (χ2n) is 5.90. The molecule has 0 aliphatic carbocycles. The van der Waals surface area contributed by atoms with Gasteiger partial charge in [-0.25, -0.2) is 0 Å². The molecule has 0 aliphatic rings. The Morgan fingerprint density at radius 2 is 2.07 bits per heavy atom. The van der Waals surface area contributed by atoms with Crippen LogP contribution in [0.1, 0.15) is 12.5 Å². The molecule has 0 aliphatic heterocycles. The van der Waals surface area contributed by atoms with Gasteiger partial charge >= 0.3 is 0 Å². The lowest BCUT2D eigenvalue weighted by Crippen LogP contribution is -2.15. The quantitative estimate of drug-likeness (QED) is 0.239. The lowest BCUT2D eigenvalue weighted by atomic mass is 10.1. The molecule has 3 aromatic rings. The van der Waals surface area contributed by atoms with Crippen molar-refractivity contribution in [3.05, 3.63) is 92.1 Å². The number of allylic oxidation sites excluding steroid dienone is 1. The summed E-state index contributed by atoms with van der Waals surface area (Å²) in [5.74, 6) is 0. The van der Waals surface area contributed by atoms with Crippen molar-refractivity contribution in [2.75, 3.05) is 0 Å². The number of hydrogen-bond donors (Lipinski definition) is 0. The molecule has 0 radical (unpaired) electrons. The van der Waals surface area contributed by atoms with Crippen molar-refractivity contribution in [2.45, 2.75) is 13.5 Å². The molecule has 0 bridgehead atoms. The topological polar surface area (TPSA) is 72.8 Å². The first-order valence-electron chi connectivity index (χ1n) is 8.38. The zero-order valence-corrected chi connectivity index (χ0v) is 16.7. The van der Waals surface area contributed by atoms with Crippen LogP contribution in [0.5, 0.6) is 0 Å². The Morgan fingerprint density at radius 1 is 1.32 bits per heavy atom. The summed E-state index contributed by atoms with van der Waals surface area (Å²) in [5.41, 5.74) is 3.28. The molecule has 0 unspecified atom stereocenters. The highest BCUT2D eigenvalue weighted by Crippen LogP contribution is 2.22. The van der Waals surface area contributed by atoms with E-state index in [1.807, 2.05) is 34.2 Å². The fraction of sp³-hybridized carbons (Fsp3) is 0.100. The number of rotatable bonds is 6. The van der Waals surface area contributed by atoms with Gasteiger partial charge in [0.2, 0.25) is 4.80 Å². The highest BCUT2D eigenvalue weighted by molar-refractivity contribution is 7.07. The number of non-ortho nitro benzene ring substituents is 1. The van der Waals surface area contributed by atoms with Crippen molar-refractivity contribution < 1.29 is 4.92 Å². The molecule has 0 amide bonds. The van der Waals surface area contributed by atoms with Crippen LogP contribution in [-0.4, -0.2) is 15.2 Å². The highest BCUT2D eigenvalue weighted by Gasteiger charge is 2.09. The van der Waals surface area contributed by atoms with Crippen molar-refractivity contribution in [1.82, 2.24) is 4.57 Å². The van der Waals surface area contributed by atoms with Gasteiger partial charge in [0.1, 0.15) is 0 Å². The predicted molar refractivity (Wildman–Crippen MR) is 114 cm³/mol. The first-order chi connectivity index (χ1) is 13.5. The second kappa shape index (κ2) is 8.77. The summed E-state index contributed by atoms with van der Waals surface area (Å²) in [6.07, 6.45) is 1.79. The van der Waals surface area contributed by atoms with E-state index in [0.717, 1.165) is 11.3 Å². The van der Waals surface area contributed by atoms with Gasteiger partial charge in [-0.2, -0.15) is 5.10 Å². The average molecular weight is 413 g/mol. The van der Waals surface area contributed by atoms with E-state index in [1.54, 1.807) is 25.1 Å². The Labute approximate surface area is 170 Å². The summed E-state index contributed by atoms with van der Waals surface area (Å²) < 4.78 is 2.01. The fourth-order valence-corrected chi connectivity index (χ4v) is 3.58. The molecule has 1 aromatic heterocycles. The smallest absolute Gasteiger partial charge is 0.270 e. The average Bonchev–Trinajstić information content (AvgIpc) is 3.09. The van der Waals surface area contributed by atoms with Gasteiger partial charge in [-0.3, -0.25) is 10.1 Å². The summed E-state index contributed by atoms with van der Waals surface area (Å²) in [4.78, 5) is 11.2. The van der Waals surface area contributed by atoms with Crippen LogP contribution in [0.3, 0.4) is 0 Å². The molecule has 8 heteroatoms. The van der Waals surface area contributed by atoms with E-state index in [4.69, 9.17) is 11.6 Å². The van der Waals surface area contributed by atoms with Crippen molar-refractivity contribution in [1.29, 1.82) is 0 Å². The van der Waals surface area contributed by atoms with Gasteiger partial charge in [0.25, 0.3) is 5.69 Å². The van der Waals surface area contributed by atoms with Crippen molar-refractivity contribution in [3.8, 4) is 11.3 Å². The molecule has 3 rings (SSSR count). The van der Waals surface area contributed by atoms with Crippen molar-refractivity contribution in [2.24, 2.45) is 10.2 Å². The summed E-state index contributed by atoms with van der Waals surface area (Å²) in [7, 11) is 0. The lowest BCUT2D eigenvalue weighted by molar-refractivity contribution is -0.384. The third-order valence-corrected chi connectivity index (χ3v) is 5.12. The molecule has 0 atom stereocenters. The minimum Gasteiger partial charge on any atom is -0.311 e. The number of thiazole rings is 1. The zero-order chi connectivity index (χ0) is 20.1. The van der Waals surface area contributed by atoms with Gasteiger partial charge in [0.05, 0.1) is 16.3 Å². The maximum Gasteiger partial charge on any atom is 0.270 e. The molecule has 142 valence electrons. The lowest BCUT2D eigenvalue weighted by Gasteiger charge is -2.06. The molecular weight excluding hydrogens is 396 g/mol. The molecule has 0 fully saturated rings. The van der Waals surface area contributed by atoms with Crippen LogP contribution in [0.4, 0.5) is 5.69 Å². The summed E-state index contributed by atoms with van der Waals surface area (Å²) in [6, 6.07) is 13.9. The number of aromatic nitrogens is 1. The maximum absolute atomic E-state index is 11.0. The van der Waals surface area contributed by atoms with Crippen LogP contribution in [0.2, 0.25) is 5.02 Å². The molecular formula is C20H17ClN4O2S. The maximum atomic E-state index is 11.0. The standard InChI is InChI=1S/C20H17ClN4O2S/c1-3-11-24-19(15-7-9-17(21)10-8-15)13-28-20(24)23-22-14(2)16-5-4-6-18(12-16)25(26)27/h3-10,12-13H,1,11H2,2H3/b22-14-,23-20-. The summed E-state index contributed by atoms with van der Waals surface area (Å²) in [5, 5.41) is 22.3. The minimum atomic E-state index is -0.427. The van der Waals surface area contributed by atoms with Gasteiger partial charge in [-0.15, -0.1) is 23.0 Å². The third-order valence-electron chi connectivity index (χ3n) is 4.01. The van der Waals surface area contributed by atoms with Crippen molar-refractivity contribution in [3.63, 3.8) is 0 Å². The van der Waals surface area contributed by atoms with Gasteiger partial charge < -0.3 is 4.57 Å². The third kappa shape index (κ3) is 4.44. The number of benzene rings is 2. The van der Waals surface area contributed by atoms with Crippen LogP contribution >= 0.6 is 22.9 Å². The van der Waals surface area contributed by atoms with E-state index in [2.05, 4.69) is 16.8 Å². The number of nitro groups is 1. The highest BCUT2D eigenvalue weighted by atomic mass is 35.5. The van der Waals surface area contributed by atoms with E-state index < -0.39 is 4.92 Å².